The summed E-state index contributed by atoms with van der Waals surface area (Å²) >= 11 is 6.13. The Morgan fingerprint density at radius 1 is 1.26 bits per heavy atom. The third-order valence-electron chi connectivity index (χ3n) is 4.35. The van der Waals surface area contributed by atoms with Crippen LogP contribution in [0.4, 0.5) is 0 Å². The average molecular weight is 390 g/mol. The molecule has 2 heterocycles. The van der Waals surface area contributed by atoms with Gasteiger partial charge in [0.1, 0.15) is 13.2 Å². The van der Waals surface area contributed by atoms with Crippen molar-refractivity contribution in [2.75, 3.05) is 19.8 Å². The van der Waals surface area contributed by atoms with Crippen LogP contribution in [-0.2, 0) is 11.3 Å². The van der Waals surface area contributed by atoms with Crippen LogP contribution in [0, 0.1) is 13.8 Å². The maximum Gasteiger partial charge on any atom is 0.338 e. The standard InChI is InChI=1S/C20H20ClNO5/c1-4-5-22-12(2)8-15(13(22)3)17(23)11-27-20(24)14-9-16(21)19-18(10-14)25-6-7-26-19/h4,8-10H,1,5-7,11H2,2-3H3. The SMILES string of the molecule is C=CCn1c(C)cc(C(=O)COC(=O)c2cc(Cl)c3c(c2)OCCO3)c1C. The van der Waals surface area contributed by atoms with Crippen molar-refractivity contribution in [2.45, 2.75) is 20.4 Å². The number of halogens is 1. The number of benzene rings is 1. The topological polar surface area (TPSA) is 66.8 Å². The van der Waals surface area contributed by atoms with E-state index in [2.05, 4.69) is 6.58 Å². The van der Waals surface area contributed by atoms with E-state index < -0.39 is 5.97 Å². The fourth-order valence-electron chi connectivity index (χ4n) is 3.01. The maximum atomic E-state index is 12.5. The monoisotopic (exact) mass is 389 g/mol. The summed E-state index contributed by atoms with van der Waals surface area (Å²) in [5.41, 5.74) is 2.49. The van der Waals surface area contributed by atoms with Gasteiger partial charge in [-0.1, -0.05) is 17.7 Å². The number of allylic oxidation sites excluding steroid dienone is 1. The largest absolute Gasteiger partial charge is 0.486 e. The predicted octanol–water partition coefficient (Wildman–Crippen LogP) is 3.76. The van der Waals surface area contributed by atoms with Gasteiger partial charge in [-0.25, -0.2) is 4.79 Å². The van der Waals surface area contributed by atoms with E-state index in [9.17, 15) is 9.59 Å². The number of aromatic nitrogens is 1. The number of nitrogens with zero attached hydrogens (tertiary/aromatic N) is 1. The van der Waals surface area contributed by atoms with Crippen molar-refractivity contribution in [3.63, 3.8) is 0 Å². The average Bonchev–Trinajstić information content (AvgIpc) is 2.94. The second-order valence-electron chi connectivity index (χ2n) is 6.17. The Morgan fingerprint density at radius 2 is 2.00 bits per heavy atom. The summed E-state index contributed by atoms with van der Waals surface area (Å²) in [6.45, 7) is 8.51. The molecule has 0 aliphatic carbocycles. The van der Waals surface area contributed by atoms with Crippen LogP contribution in [0.1, 0.15) is 32.1 Å². The summed E-state index contributed by atoms with van der Waals surface area (Å²) in [5.74, 6) is -0.122. The molecule has 0 spiro atoms. The van der Waals surface area contributed by atoms with E-state index in [4.69, 9.17) is 25.8 Å². The number of ketones is 1. The fraction of sp³-hybridized carbons (Fsp3) is 0.300. The van der Waals surface area contributed by atoms with Gasteiger partial charge >= 0.3 is 5.97 Å². The third-order valence-corrected chi connectivity index (χ3v) is 4.63. The smallest absolute Gasteiger partial charge is 0.338 e. The van der Waals surface area contributed by atoms with Gasteiger partial charge in [-0.15, -0.1) is 6.58 Å². The lowest BCUT2D eigenvalue weighted by Crippen LogP contribution is -2.18. The number of fused-ring (bicyclic) bond motifs is 1. The molecule has 142 valence electrons. The molecule has 1 aromatic heterocycles. The molecule has 0 N–H and O–H groups in total. The van der Waals surface area contributed by atoms with Gasteiger partial charge in [0.25, 0.3) is 0 Å². The Kier molecular flexibility index (Phi) is 5.56. The van der Waals surface area contributed by atoms with Crippen LogP contribution >= 0.6 is 11.6 Å². The normalized spacial score (nSPS) is 12.6. The molecule has 27 heavy (non-hydrogen) atoms. The van der Waals surface area contributed by atoms with Crippen LogP contribution in [0.15, 0.2) is 30.9 Å². The summed E-state index contributed by atoms with van der Waals surface area (Å²) < 4.78 is 18.0. The lowest BCUT2D eigenvalue weighted by atomic mass is 10.1. The van der Waals surface area contributed by atoms with E-state index in [0.29, 0.717) is 36.8 Å². The number of ether oxygens (including phenoxy) is 3. The van der Waals surface area contributed by atoms with Gasteiger partial charge in [0.2, 0.25) is 5.78 Å². The fourth-order valence-corrected chi connectivity index (χ4v) is 3.28. The first-order chi connectivity index (χ1) is 12.9. The molecule has 1 aliphatic rings. The van der Waals surface area contributed by atoms with Crippen LogP contribution < -0.4 is 9.47 Å². The van der Waals surface area contributed by atoms with Crippen molar-refractivity contribution in [1.82, 2.24) is 4.57 Å². The van der Waals surface area contributed by atoms with Crippen molar-refractivity contribution >= 4 is 23.4 Å². The molecular formula is C20H20ClNO5. The molecule has 6 nitrogen and oxygen atoms in total. The Balaban J connectivity index is 1.71. The zero-order chi connectivity index (χ0) is 19.6. The minimum Gasteiger partial charge on any atom is -0.486 e. The summed E-state index contributed by atoms with van der Waals surface area (Å²) in [6, 6.07) is 4.73. The number of hydrogen-bond acceptors (Lipinski definition) is 5. The number of carbonyl (C=O) groups excluding carboxylic acids is 2. The number of rotatable bonds is 6. The lowest BCUT2D eigenvalue weighted by molar-refractivity contribution is 0.0473. The first-order valence-corrected chi connectivity index (χ1v) is 8.87. The van der Waals surface area contributed by atoms with Gasteiger partial charge in [0, 0.05) is 23.5 Å². The van der Waals surface area contributed by atoms with Gasteiger partial charge in [0.15, 0.2) is 18.1 Å². The zero-order valence-corrected chi connectivity index (χ0v) is 16.0. The van der Waals surface area contributed by atoms with Gasteiger partial charge in [0.05, 0.1) is 10.6 Å². The van der Waals surface area contributed by atoms with E-state index in [0.717, 1.165) is 11.4 Å². The summed E-state index contributed by atoms with van der Waals surface area (Å²) in [4.78, 5) is 24.8. The maximum absolute atomic E-state index is 12.5. The highest BCUT2D eigenvalue weighted by Gasteiger charge is 2.21. The van der Waals surface area contributed by atoms with E-state index in [1.165, 1.54) is 12.1 Å². The highest BCUT2D eigenvalue weighted by Crippen LogP contribution is 2.38. The molecule has 0 fully saturated rings. The van der Waals surface area contributed by atoms with Crippen molar-refractivity contribution in [1.29, 1.82) is 0 Å². The molecule has 3 rings (SSSR count). The van der Waals surface area contributed by atoms with Crippen LogP contribution in [-0.4, -0.2) is 36.1 Å². The first-order valence-electron chi connectivity index (χ1n) is 8.49. The molecule has 0 saturated carbocycles. The van der Waals surface area contributed by atoms with Crippen LogP contribution in [0.3, 0.4) is 0 Å². The van der Waals surface area contributed by atoms with E-state index in [1.807, 2.05) is 18.4 Å². The van der Waals surface area contributed by atoms with Gasteiger partial charge in [-0.05, 0) is 32.0 Å². The van der Waals surface area contributed by atoms with E-state index in [-0.39, 0.29) is 23.0 Å². The Labute approximate surface area is 162 Å². The predicted molar refractivity (Wildman–Crippen MR) is 101 cm³/mol. The number of carbonyl (C=O) groups is 2. The molecule has 0 amide bonds. The van der Waals surface area contributed by atoms with E-state index in [1.54, 1.807) is 12.1 Å². The number of Topliss-reactive ketones (excluding diaryl/α,β-unsaturated/α-hetero) is 1. The Hall–Kier alpha value is -2.73. The second kappa shape index (κ2) is 7.88. The molecule has 0 atom stereocenters. The molecule has 0 saturated heterocycles. The number of hydrogen-bond donors (Lipinski definition) is 0. The number of esters is 1. The number of aryl methyl sites for hydroxylation is 1. The molecular weight excluding hydrogens is 370 g/mol. The van der Waals surface area contributed by atoms with Crippen molar-refractivity contribution < 1.29 is 23.8 Å². The Morgan fingerprint density at radius 3 is 2.74 bits per heavy atom. The molecule has 1 aliphatic heterocycles. The van der Waals surface area contributed by atoms with Gasteiger partial charge in [-0.3, -0.25) is 4.79 Å². The second-order valence-corrected chi connectivity index (χ2v) is 6.57. The summed E-state index contributed by atoms with van der Waals surface area (Å²) in [7, 11) is 0. The van der Waals surface area contributed by atoms with Crippen molar-refractivity contribution in [3.8, 4) is 11.5 Å². The zero-order valence-electron chi connectivity index (χ0n) is 15.2. The van der Waals surface area contributed by atoms with Gasteiger partial charge in [-0.2, -0.15) is 0 Å². The molecule has 0 bridgehead atoms. The summed E-state index contributed by atoms with van der Waals surface area (Å²) in [5, 5.41) is 0.262. The molecule has 0 unspecified atom stereocenters. The first kappa shape index (κ1) is 19.0. The molecule has 7 heteroatoms. The van der Waals surface area contributed by atoms with Crippen LogP contribution in [0.5, 0.6) is 11.5 Å². The third kappa shape index (κ3) is 3.85. The van der Waals surface area contributed by atoms with E-state index >= 15 is 0 Å². The minimum atomic E-state index is -0.651. The quantitative estimate of drug-likeness (QED) is 0.427. The highest BCUT2D eigenvalue weighted by molar-refractivity contribution is 6.32. The minimum absolute atomic E-state index is 0.203. The molecule has 1 aromatic carbocycles. The van der Waals surface area contributed by atoms with Gasteiger partial charge < -0.3 is 18.8 Å². The molecule has 2 aromatic rings. The highest BCUT2D eigenvalue weighted by atomic mass is 35.5. The summed E-state index contributed by atoms with van der Waals surface area (Å²) in [6.07, 6.45) is 1.76. The van der Waals surface area contributed by atoms with Crippen molar-refractivity contribution in [2.24, 2.45) is 0 Å². The lowest BCUT2D eigenvalue weighted by Gasteiger charge is -2.19. The Bertz CT molecular complexity index is 916. The van der Waals surface area contributed by atoms with Crippen molar-refractivity contribution in [3.05, 3.63) is 58.4 Å². The molecule has 0 radical (unpaired) electrons. The van der Waals surface area contributed by atoms with Crippen LogP contribution in [0.25, 0.3) is 0 Å². The van der Waals surface area contributed by atoms with Crippen LogP contribution in [0.2, 0.25) is 5.02 Å².